The number of aryl methyl sites for hydroxylation is 1. The van der Waals surface area contributed by atoms with Crippen molar-refractivity contribution in [3.05, 3.63) is 29.8 Å². The van der Waals surface area contributed by atoms with Crippen LogP contribution in [0, 0.1) is 6.92 Å². The molecule has 0 atom stereocenters. The predicted octanol–water partition coefficient (Wildman–Crippen LogP) is 2.08. The number of nitrogens with one attached hydrogen (secondary N) is 4. The van der Waals surface area contributed by atoms with Crippen molar-refractivity contribution < 1.29 is 17.0 Å². The van der Waals surface area contributed by atoms with E-state index in [2.05, 4.69) is 55.1 Å². The fourth-order valence-corrected chi connectivity index (χ4v) is 4.58. The molecule has 0 amide bonds. The third kappa shape index (κ3) is 13.0. The van der Waals surface area contributed by atoms with Crippen LogP contribution in [0.3, 0.4) is 0 Å². The summed E-state index contributed by atoms with van der Waals surface area (Å²) in [6.07, 6.45) is 0. The molecule has 0 spiro atoms. The number of hydrogen-bond acceptors (Lipinski definition) is 8. The first-order valence-electron chi connectivity index (χ1n) is 11.9. The van der Waals surface area contributed by atoms with Crippen LogP contribution >= 0.6 is 0 Å². The van der Waals surface area contributed by atoms with Crippen molar-refractivity contribution in [1.29, 1.82) is 0 Å². The average Bonchev–Trinajstić information content (AvgIpc) is 2.72. The Hall–Kier alpha value is -0.853. The average molecular weight is 503 g/mol. The van der Waals surface area contributed by atoms with Gasteiger partial charge in [-0.1, -0.05) is 38.5 Å². The van der Waals surface area contributed by atoms with E-state index in [-0.39, 0.29) is 16.5 Å². The van der Waals surface area contributed by atoms with Gasteiger partial charge in [0.2, 0.25) is 0 Å². The quantitative estimate of drug-likeness (QED) is 0.138. The molecule has 0 fully saturated rings. The summed E-state index contributed by atoms with van der Waals surface area (Å²) in [4.78, 5) is 0.192. The Morgan fingerprint density at radius 2 is 1.18 bits per heavy atom. The largest absolute Gasteiger partial charge is 0.416 e. The van der Waals surface area contributed by atoms with Crippen molar-refractivity contribution in [2.24, 2.45) is 0 Å². The first kappa shape index (κ1) is 30.2. The Kier molecular flexibility index (Phi) is 13.9. The van der Waals surface area contributed by atoms with E-state index in [1.807, 2.05) is 6.92 Å². The van der Waals surface area contributed by atoms with Crippen LogP contribution in [0.2, 0.25) is 18.1 Å². The molecule has 33 heavy (non-hydrogen) atoms. The molecule has 0 radical (unpaired) electrons. The predicted molar refractivity (Wildman–Crippen MR) is 139 cm³/mol. The summed E-state index contributed by atoms with van der Waals surface area (Å²) in [6, 6.07) is 6.66. The van der Waals surface area contributed by atoms with Gasteiger partial charge in [-0.2, -0.15) is 8.42 Å². The summed E-state index contributed by atoms with van der Waals surface area (Å²) < 4.78 is 35.4. The van der Waals surface area contributed by atoms with Gasteiger partial charge in [0.25, 0.3) is 10.1 Å². The van der Waals surface area contributed by atoms with Gasteiger partial charge in [-0.3, -0.25) is 4.18 Å². The molecule has 0 aliphatic carbocycles. The van der Waals surface area contributed by atoms with Crippen molar-refractivity contribution >= 4 is 18.4 Å². The summed E-state index contributed by atoms with van der Waals surface area (Å²) in [7, 11) is -5.32. The molecule has 0 bridgehead atoms. The Bertz CT molecular complexity index is 753. The molecular weight excluding hydrogens is 456 g/mol. The zero-order valence-electron chi connectivity index (χ0n) is 21.4. The molecule has 0 unspecified atom stereocenters. The minimum absolute atomic E-state index is 0.117. The van der Waals surface area contributed by atoms with Crippen molar-refractivity contribution in [2.75, 3.05) is 65.6 Å². The molecule has 10 heteroatoms. The standard InChI is InChI=1S/C23H46N4O4SSi/c1-21-7-9-22(10-8-21)32(28,29)30-19-17-26-15-13-24-11-12-25-14-16-27-18-20-31-33(5,6)23(2,3)4/h7-10,24-27H,11-20H2,1-6H3. The van der Waals surface area contributed by atoms with E-state index >= 15 is 0 Å². The second-order valence-corrected chi connectivity index (χ2v) is 16.1. The molecule has 0 aromatic heterocycles. The molecule has 0 aliphatic heterocycles. The molecule has 1 aromatic carbocycles. The molecule has 0 aliphatic rings. The van der Waals surface area contributed by atoms with Gasteiger partial charge in [0.1, 0.15) is 0 Å². The van der Waals surface area contributed by atoms with Crippen molar-refractivity contribution in [2.45, 2.75) is 50.7 Å². The lowest BCUT2D eigenvalue weighted by Crippen LogP contribution is -2.42. The summed E-state index contributed by atoms with van der Waals surface area (Å²) in [5.74, 6) is 0. The maximum absolute atomic E-state index is 12.1. The molecule has 0 saturated carbocycles. The topological polar surface area (TPSA) is 101 Å². The van der Waals surface area contributed by atoms with Gasteiger partial charge in [0.15, 0.2) is 8.32 Å². The van der Waals surface area contributed by atoms with Crippen LogP contribution in [0.4, 0.5) is 0 Å². The molecule has 1 aromatic rings. The highest BCUT2D eigenvalue weighted by molar-refractivity contribution is 7.86. The van der Waals surface area contributed by atoms with Gasteiger partial charge in [0.05, 0.1) is 11.5 Å². The Morgan fingerprint density at radius 3 is 1.64 bits per heavy atom. The van der Waals surface area contributed by atoms with Crippen molar-refractivity contribution in [3.63, 3.8) is 0 Å². The van der Waals surface area contributed by atoms with E-state index in [1.165, 1.54) is 0 Å². The Balaban J connectivity index is 1.89. The van der Waals surface area contributed by atoms with E-state index < -0.39 is 18.4 Å². The number of rotatable bonds is 18. The molecular formula is C23H46N4O4SSi. The van der Waals surface area contributed by atoms with E-state index in [0.717, 1.165) is 58.0 Å². The fraction of sp³-hybridized carbons (Fsp3) is 0.739. The minimum Gasteiger partial charge on any atom is -0.416 e. The van der Waals surface area contributed by atoms with E-state index in [0.29, 0.717) is 6.54 Å². The van der Waals surface area contributed by atoms with Gasteiger partial charge in [-0.15, -0.1) is 0 Å². The minimum atomic E-state index is -3.68. The second kappa shape index (κ2) is 15.2. The number of benzene rings is 1. The molecule has 192 valence electrons. The Labute approximate surface area is 202 Å². The van der Waals surface area contributed by atoms with Crippen LogP contribution in [-0.2, 0) is 18.7 Å². The monoisotopic (exact) mass is 502 g/mol. The van der Waals surface area contributed by atoms with Gasteiger partial charge >= 0.3 is 0 Å². The highest BCUT2D eigenvalue weighted by Crippen LogP contribution is 2.36. The van der Waals surface area contributed by atoms with E-state index in [4.69, 9.17) is 8.61 Å². The first-order valence-corrected chi connectivity index (χ1v) is 16.2. The van der Waals surface area contributed by atoms with Crippen LogP contribution in [0.15, 0.2) is 29.2 Å². The van der Waals surface area contributed by atoms with Gasteiger partial charge < -0.3 is 25.7 Å². The van der Waals surface area contributed by atoms with E-state index in [1.54, 1.807) is 24.3 Å². The van der Waals surface area contributed by atoms with Crippen LogP contribution < -0.4 is 21.3 Å². The van der Waals surface area contributed by atoms with Gasteiger partial charge in [-0.25, -0.2) is 0 Å². The zero-order chi connectivity index (χ0) is 24.8. The zero-order valence-corrected chi connectivity index (χ0v) is 23.2. The second-order valence-electron chi connectivity index (χ2n) is 9.70. The SMILES string of the molecule is Cc1ccc(S(=O)(=O)OCCNCCNCCNCCNCCO[Si](C)(C)C(C)(C)C)cc1. The maximum atomic E-state index is 12.1. The highest BCUT2D eigenvalue weighted by Gasteiger charge is 2.36. The molecule has 0 saturated heterocycles. The summed E-state index contributed by atoms with van der Waals surface area (Å²) in [5.41, 5.74) is 1.01. The molecule has 0 heterocycles. The summed E-state index contributed by atoms with van der Waals surface area (Å²) in [6.45, 7) is 20.7. The lowest BCUT2D eigenvalue weighted by molar-refractivity contribution is 0.286. The maximum Gasteiger partial charge on any atom is 0.297 e. The lowest BCUT2D eigenvalue weighted by atomic mass is 10.2. The summed E-state index contributed by atoms with van der Waals surface area (Å²) in [5, 5.41) is 13.6. The third-order valence-electron chi connectivity index (χ3n) is 5.81. The van der Waals surface area contributed by atoms with Crippen LogP contribution in [-0.4, -0.2) is 82.3 Å². The van der Waals surface area contributed by atoms with Gasteiger partial charge in [0, 0.05) is 59.0 Å². The van der Waals surface area contributed by atoms with Crippen molar-refractivity contribution in [1.82, 2.24) is 21.3 Å². The van der Waals surface area contributed by atoms with Crippen LogP contribution in [0.1, 0.15) is 26.3 Å². The lowest BCUT2D eigenvalue weighted by Gasteiger charge is -2.36. The first-order chi connectivity index (χ1) is 15.5. The highest BCUT2D eigenvalue weighted by atomic mass is 32.2. The Morgan fingerprint density at radius 1 is 0.758 bits per heavy atom. The summed E-state index contributed by atoms with van der Waals surface area (Å²) >= 11 is 0. The van der Waals surface area contributed by atoms with Crippen LogP contribution in [0.25, 0.3) is 0 Å². The fourth-order valence-electron chi connectivity index (χ4n) is 2.62. The number of hydrogen-bond donors (Lipinski definition) is 4. The molecule has 8 nitrogen and oxygen atoms in total. The van der Waals surface area contributed by atoms with Crippen molar-refractivity contribution in [3.8, 4) is 0 Å². The van der Waals surface area contributed by atoms with E-state index in [9.17, 15) is 8.42 Å². The molecule has 1 rings (SSSR count). The molecule has 4 N–H and O–H groups in total. The third-order valence-corrected chi connectivity index (χ3v) is 11.7. The van der Waals surface area contributed by atoms with Gasteiger partial charge in [-0.05, 0) is 37.2 Å². The normalized spacial score (nSPS) is 12.9. The van der Waals surface area contributed by atoms with Crippen LogP contribution in [0.5, 0.6) is 0 Å². The smallest absolute Gasteiger partial charge is 0.297 e.